The van der Waals surface area contributed by atoms with Gasteiger partial charge in [-0.2, -0.15) is 13.2 Å². The summed E-state index contributed by atoms with van der Waals surface area (Å²) in [6.07, 6.45) is 12.7. The lowest BCUT2D eigenvalue weighted by Gasteiger charge is -2.28. The topological polar surface area (TPSA) is 53.6 Å². The number of ether oxygens (including phenoxy) is 1. The van der Waals surface area contributed by atoms with Crippen LogP contribution >= 0.6 is 0 Å². The Balaban J connectivity index is 0.000000207. The van der Waals surface area contributed by atoms with Crippen LogP contribution in [0.25, 0.3) is 0 Å². The van der Waals surface area contributed by atoms with Crippen molar-refractivity contribution in [3.8, 4) is 5.75 Å². The molecule has 182 valence electrons. The smallest absolute Gasteiger partial charge is 0.425 e. The summed E-state index contributed by atoms with van der Waals surface area (Å²) in [5.41, 5.74) is 8.86. The molecule has 8 heteroatoms. The van der Waals surface area contributed by atoms with Crippen LogP contribution in [0.15, 0.2) is 72.1 Å². The Morgan fingerprint density at radius 3 is 2.50 bits per heavy atom. The highest BCUT2D eigenvalue weighted by Crippen LogP contribution is 2.37. The number of rotatable bonds is 3. The highest BCUT2D eigenvalue weighted by Gasteiger charge is 2.42. The molecule has 0 bridgehead atoms. The van der Waals surface area contributed by atoms with E-state index in [1.54, 1.807) is 24.3 Å². The van der Waals surface area contributed by atoms with E-state index < -0.39 is 12.3 Å². The van der Waals surface area contributed by atoms with Crippen LogP contribution in [0.2, 0.25) is 0 Å². The molecule has 5 nitrogen and oxygen atoms in total. The van der Waals surface area contributed by atoms with Gasteiger partial charge < -0.3 is 9.64 Å². The lowest BCUT2D eigenvalue weighted by molar-refractivity contribution is -0.189. The van der Waals surface area contributed by atoms with Crippen LogP contribution in [-0.2, 0) is 4.79 Å². The van der Waals surface area contributed by atoms with Crippen molar-refractivity contribution in [2.45, 2.75) is 57.7 Å². The maximum Gasteiger partial charge on any atom is 0.425 e. The van der Waals surface area contributed by atoms with Crippen molar-refractivity contribution >= 4 is 11.6 Å². The predicted octanol–water partition coefficient (Wildman–Crippen LogP) is 5.69. The predicted molar refractivity (Wildman–Crippen MR) is 126 cm³/mol. The van der Waals surface area contributed by atoms with Gasteiger partial charge in [-0.3, -0.25) is 10.2 Å². The number of anilines is 1. The second-order valence-corrected chi connectivity index (χ2v) is 9.08. The van der Waals surface area contributed by atoms with Gasteiger partial charge in [-0.25, -0.2) is 5.43 Å². The van der Waals surface area contributed by atoms with Crippen LogP contribution < -0.4 is 20.5 Å². The zero-order valence-corrected chi connectivity index (χ0v) is 19.2. The van der Waals surface area contributed by atoms with Crippen molar-refractivity contribution < 1.29 is 22.7 Å². The number of nitrogens with one attached hydrogen (secondary N) is 2. The summed E-state index contributed by atoms with van der Waals surface area (Å²) in [6, 6.07) is 6.59. The number of carbonyl (C=O) groups excluding carboxylic acids is 1. The van der Waals surface area contributed by atoms with Gasteiger partial charge in [-0.15, -0.1) is 0 Å². The van der Waals surface area contributed by atoms with Crippen LogP contribution in [0.5, 0.6) is 5.75 Å². The van der Waals surface area contributed by atoms with Crippen molar-refractivity contribution in [2.75, 3.05) is 11.4 Å². The average Bonchev–Trinajstić information content (AvgIpc) is 3.18. The molecule has 1 saturated heterocycles. The molecule has 2 aliphatic carbocycles. The lowest BCUT2D eigenvalue weighted by Crippen LogP contribution is -2.34. The van der Waals surface area contributed by atoms with Crippen LogP contribution in [0, 0.1) is 5.41 Å². The first-order valence-corrected chi connectivity index (χ1v) is 11.7. The zero-order valence-electron chi connectivity index (χ0n) is 19.2. The highest BCUT2D eigenvalue weighted by atomic mass is 19.4. The van der Waals surface area contributed by atoms with Crippen LogP contribution in [-0.4, -0.2) is 24.7 Å². The summed E-state index contributed by atoms with van der Waals surface area (Å²) >= 11 is 0. The zero-order chi connectivity index (χ0) is 24.2. The van der Waals surface area contributed by atoms with Crippen molar-refractivity contribution in [3.05, 3.63) is 72.1 Å². The van der Waals surface area contributed by atoms with Crippen molar-refractivity contribution in [1.29, 1.82) is 0 Å². The van der Waals surface area contributed by atoms with Gasteiger partial charge in [0.15, 0.2) is 6.10 Å². The Bertz CT molecular complexity index is 1000. The van der Waals surface area contributed by atoms with Gasteiger partial charge in [-0.05, 0) is 67.7 Å². The summed E-state index contributed by atoms with van der Waals surface area (Å²) in [5.74, 6) is 0.422. The summed E-state index contributed by atoms with van der Waals surface area (Å²) in [5, 5.41) is 0. The number of amides is 1. The molecule has 0 aromatic heterocycles. The molecule has 1 saturated carbocycles. The Labute approximate surface area is 198 Å². The Morgan fingerprint density at radius 2 is 1.85 bits per heavy atom. The number of alkyl halides is 3. The maximum atomic E-state index is 12.5. The molecule has 2 aliphatic heterocycles. The van der Waals surface area contributed by atoms with E-state index in [0.717, 1.165) is 38.4 Å². The lowest BCUT2D eigenvalue weighted by atomic mass is 9.74. The molecular weight excluding hydrogens is 443 g/mol. The number of allylic oxidation sites excluding steroid dienone is 6. The summed E-state index contributed by atoms with van der Waals surface area (Å²) in [4.78, 5) is 13.3. The molecule has 2 N–H and O–H groups in total. The number of hydrogen-bond acceptors (Lipinski definition) is 4. The van der Waals surface area contributed by atoms with E-state index in [-0.39, 0.29) is 17.1 Å². The number of benzene rings is 1. The maximum absolute atomic E-state index is 12.5. The first-order chi connectivity index (χ1) is 16.3. The first kappa shape index (κ1) is 24.1. The molecular formula is C26H30F3N3O2. The van der Waals surface area contributed by atoms with Gasteiger partial charge in [0.25, 0.3) is 0 Å². The number of nitrogens with zero attached hydrogens (tertiary/aromatic N) is 1. The molecule has 0 radical (unpaired) electrons. The van der Waals surface area contributed by atoms with E-state index in [1.165, 1.54) is 30.4 Å². The normalized spacial score (nSPS) is 21.6. The highest BCUT2D eigenvalue weighted by molar-refractivity contribution is 5.84. The minimum atomic E-state index is -4.37. The minimum absolute atomic E-state index is 0.0295. The number of hydrazine groups is 1. The van der Waals surface area contributed by atoms with E-state index in [4.69, 9.17) is 4.74 Å². The Morgan fingerprint density at radius 1 is 1.12 bits per heavy atom. The third-order valence-corrected chi connectivity index (χ3v) is 6.66. The van der Waals surface area contributed by atoms with E-state index in [1.807, 2.05) is 29.5 Å². The monoisotopic (exact) mass is 473 g/mol. The second-order valence-electron chi connectivity index (χ2n) is 9.08. The average molecular weight is 474 g/mol. The van der Waals surface area contributed by atoms with Gasteiger partial charge in [0.05, 0.1) is 5.41 Å². The largest absolute Gasteiger partial charge is 0.481 e. The number of fused-ring (bicyclic) bond motifs is 1. The SMILES string of the molecule is CC(Oc1ccc(N2C=CC3=CC=CCC3=C2)cc1)C(F)(F)F.O=C1NNCC12CCCCC2. The molecule has 2 fully saturated rings. The van der Waals surface area contributed by atoms with E-state index in [9.17, 15) is 18.0 Å². The minimum Gasteiger partial charge on any atom is -0.481 e. The molecule has 1 atom stereocenters. The molecule has 2 heterocycles. The van der Waals surface area contributed by atoms with Crippen LogP contribution in [0.4, 0.5) is 18.9 Å². The van der Waals surface area contributed by atoms with Gasteiger partial charge in [0.2, 0.25) is 5.91 Å². The van der Waals surface area contributed by atoms with Crippen LogP contribution in [0.3, 0.4) is 0 Å². The number of halogens is 3. The van der Waals surface area contributed by atoms with Crippen molar-refractivity contribution in [3.63, 3.8) is 0 Å². The van der Waals surface area contributed by atoms with Gasteiger partial charge >= 0.3 is 6.18 Å². The quantitative estimate of drug-likeness (QED) is 0.592. The second kappa shape index (κ2) is 10.1. The van der Waals surface area contributed by atoms with Gasteiger partial charge in [-0.1, -0.05) is 37.5 Å². The van der Waals surface area contributed by atoms with E-state index >= 15 is 0 Å². The van der Waals surface area contributed by atoms with Crippen LogP contribution in [0.1, 0.15) is 45.4 Å². The summed E-state index contributed by atoms with van der Waals surface area (Å²) < 4.78 is 42.4. The Kier molecular flexibility index (Phi) is 7.16. The molecule has 1 unspecified atom stereocenters. The third kappa shape index (κ3) is 5.55. The molecule has 1 spiro atoms. The fraction of sp³-hybridized carbons (Fsp3) is 0.423. The van der Waals surface area contributed by atoms with Gasteiger partial charge in [0.1, 0.15) is 5.75 Å². The van der Waals surface area contributed by atoms with Crippen molar-refractivity contribution in [1.82, 2.24) is 10.9 Å². The van der Waals surface area contributed by atoms with Crippen molar-refractivity contribution in [2.24, 2.45) is 5.41 Å². The molecule has 1 aromatic carbocycles. The molecule has 5 rings (SSSR count). The molecule has 1 amide bonds. The fourth-order valence-corrected chi connectivity index (χ4v) is 4.52. The summed E-state index contributed by atoms with van der Waals surface area (Å²) in [7, 11) is 0. The van der Waals surface area contributed by atoms with E-state index in [0.29, 0.717) is 0 Å². The number of hydrogen-bond donors (Lipinski definition) is 2. The molecule has 4 aliphatic rings. The third-order valence-electron chi connectivity index (χ3n) is 6.66. The molecule has 34 heavy (non-hydrogen) atoms. The first-order valence-electron chi connectivity index (χ1n) is 11.7. The summed E-state index contributed by atoms with van der Waals surface area (Å²) in [6.45, 7) is 1.84. The molecule has 1 aromatic rings. The standard InChI is InChI=1S/C18H16F3NO.C8H14N2O/c1-13(18(19,20)21)23-17-8-6-16(7-9-17)22-11-10-14-4-2-3-5-15(14)12-22;11-7-8(6-9-10-7)4-2-1-3-5-8/h2-4,6-13H,5H2,1H3;9H,1-6H2,(H,10,11). The number of carbonyl (C=O) groups is 1. The van der Waals surface area contributed by atoms with Gasteiger partial charge in [0, 0.05) is 24.6 Å². The van der Waals surface area contributed by atoms with E-state index in [2.05, 4.69) is 23.0 Å². The fourth-order valence-electron chi connectivity index (χ4n) is 4.52. The Hall–Kier alpha value is -3.00.